The van der Waals surface area contributed by atoms with Crippen LogP contribution >= 0.6 is 0 Å². The van der Waals surface area contributed by atoms with Gasteiger partial charge >= 0.3 is 6.61 Å². The number of nitrogens with zero attached hydrogens (tertiary/aromatic N) is 2. The molecule has 0 radical (unpaired) electrons. The number of anilines is 1. The van der Waals surface area contributed by atoms with E-state index in [-0.39, 0.29) is 35.5 Å². The molecule has 0 saturated carbocycles. The largest absolute Gasteiger partial charge is 0.433 e. The van der Waals surface area contributed by atoms with Gasteiger partial charge in [-0.25, -0.2) is 4.39 Å². The second kappa shape index (κ2) is 10.3. The molecule has 1 aliphatic heterocycles. The Morgan fingerprint density at radius 1 is 1.03 bits per heavy atom. The molecule has 0 bridgehead atoms. The number of benzene rings is 2. The summed E-state index contributed by atoms with van der Waals surface area (Å²) in [7, 11) is 0. The average molecular weight is 435 g/mol. The molecule has 2 aromatic rings. The number of rotatable bonds is 7. The SMILES string of the molecule is CC(C(=O)Nc1ccccc1OC(F)F)N1CCN(C(=O)Cc2ccc(F)cc2)CC1. The number of nitrogens with one attached hydrogen (secondary N) is 1. The van der Waals surface area contributed by atoms with E-state index in [1.807, 2.05) is 4.90 Å². The fraction of sp³-hybridized carbons (Fsp3) is 0.364. The van der Waals surface area contributed by atoms with Crippen LogP contribution in [0.3, 0.4) is 0 Å². The maximum atomic E-state index is 13.0. The number of carbonyl (C=O) groups is 2. The summed E-state index contributed by atoms with van der Waals surface area (Å²) in [6, 6.07) is 11.3. The van der Waals surface area contributed by atoms with Gasteiger partial charge in [-0.2, -0.15) is 8.78 Å². The number of hydrogen-bond donors (Lipinski definition) is 1. The summed E-state index contributed by atoms with van der Waals surface area (Å²) in [6.45, 7) is 0.654. The van der Waals surface area contributed by atoms with E-state index < -0.39 is 12.7 Å². The van der Waals surface area contributed by atoms with E-state index in [1.165, 1.54) is 24.3 Å². The monoisotopic (exact) mass is 435 g/mol. The third kappa shape index (κ3) is 6.21. The second-order valence-corrected chi connectivity index (χ2v) is 7.26. The third-order valence-electron chi connectivity index (χ3n) is 5.22. The molecule has 31 heavy (non-hydrogen) atoms. The zero-order valence-corrected chi connectivity index (χ0v) is 17.1. The smallest absolute Gasteiger partial charge is 0.387 e. The molecule has 1 atom stereocenters. The molecule has 2 amide bonds. The molecule has 9 heteroatoms. The van der Waals surface area contributed by atoms with E-state index in [0.717, 1.165) is 5.56 Å². The van der Waals surface area contributed by atoms with Crippen LogP contribution in [0.15, 0.2) is 48.5 Å². The Hall–Kier alpha value is -3.07. The van der Waals surface area contributed by atoms with Crippen molar-refractivity contribution in [3.8, 4) is 5.75 Å². The average Bonchev–Trinajstić information content (AvgIpc) is 2.76. The van der Waals surface area contributed by atoms with Crippen LogP contribution in [0.1, 0.15) is 12.5 Å². The molecule has 1 saturated heterocycles. The molecule has 1 fully saturated rings. The highest BCUT2D eigenvalue weighted by molar-refractivity contribution is 5.95. The van der Waals surface area contributed by atoms with Gasteiger partial charge < -0.3 is 15.0 Å². The van der Waals surface area contributed by atoms with Gasteiger partial charge in [-0.05, 0) is 36.8 Å². The van der Waals surface area contributed by atoms with Gasteiger partial charge in [-0.15, -0.1) is 0 Å². The fourth-order valence-corrected chi connectivity index (χ4v) is 3.42. The van der Waals surface area contributed by atoms with E-state index in [2.05, 4.69) is 10.1 Å². The number of ether oxygens (including phenoxy) is 1. The van der Waals surface area contributed by atoms with Gasteiger partial charge in [0.15, 0.2) is 0 Å². The maximum Gasteiger partial charge on any atom is 0.387 e. The Morgan fingerprint density at radius 3 is 2.32 bits per heavy atom. The molecular formula is C22H24F3N3O3. The highest BCUT2D eigenvalue weighted by Gasteiger charge is 2.28. The Balaban J connectivity index is 1.51. The number of alkyl halides is 2. The lowest BCUT2D eigenvalue weighted by Crippen LogP contribution is -2.54. The Kier molecular flexibility index (Phi) is 7.51. The van der Waals surface area contributed by atoms with Gasteiger partial charge in [-0.1, -0.05) is 24.3 Å². The summed E-state index contributed by atoms with van der Waals surface area (Å²) in [4.78, 5) is 28.8. The standard InChI is InChI=1S/C22H24F3N3O3/c1-15(21(30)26-18-4-2-3-5-19(18)31-22(24)25)27-10-12-28(13-11-27)20(29)14-16-6-8-17(23)9-7-16/h2-9,15,22H,10-14H2,1H3,(H,26,30). The number of piperazine rings is 1. The van der Waals surface area contributed by atoms with Crippen LogP contribution in [0.5, 0.6) is 5.75 Å². The van der Waals surface area contributed by atoms with Crippen molar-refractivity contribution in [1.29, 1.82) is 0 Å². The van der Waals surface area contributed by atoms with Crippen molar-refractivity contribution in [2.45, 2.75) is 26.0 Å². The van der Waals surface area contributed by atoms with E-state index >= 15 is 0 Å². The van der Waals surface area contributed by atoms with Crippen molar-refractivity contribution < 1.29 is 27.5 Å². The highest BCUT2D eigenvalue weighted by atomic mass is 19.3. The predicted octanol–water partition coefficient (Wildman–Crippen LogP) is 3.14. The minimum Gasteiger partial charge on any atom is -0.433 e. The van der Waals surface area contributed by atoms with Crippen molar-refractivity contribution in [3.63, 3.8) is 0 Å². The van der Waals surface area contributed by atoms with Gasteiger partial charge in [0.2, 0.25) is 11.8 Å². The van der Waals surface area contributed by atoms with E-state index in [4.69, 9.17) is 0 Å². The topological polar surface area (TPSA) is 61.9 Å². The molecule has 1 unspecified atom stereocenters. The molecule has 3 rings (SSSR count). The minimum atomic E-state index is -2.99. The third-order valence-corrected chi connectivity index (χ3v) is 5.22. The van der Waals surface area contributed by atoms with Crippen LogP contribution < -0.4 is 10.1 Å². The zero-order chi connectivity index (χ0) is 22.4. The number of amides is 2. The lowest BCUT2D eigenvalue weighted by molar-refractivity contribution is -0.133. The summed E-state index contributed by atoms with van der Waals surface area (Å²) < 4.78 is 42.5. The maximum absolute atomic E-state index is 13.0. The first-order valence-corrected chi connectivity index (χ1v) is 9.94. The van der Waals surface area contributed by atoms with Crippen LogP contribution in [0.2, 0.25) is 0 Å². The summed E-state index contributed by atoms with van der Waals surface area (Å²) in [5, 5.41) is 2.63. The summed E-state index contributed by atoms with van der Waals surface area (Å²) in [6.07, 6.45) is 0.192. The predicted molar refractivity (Wildman–Crippen MR) is 109 cm³/mol. The Bertz CT molecular complexity index is 900. The summed E-state index contributed by atoms with van der Waals surface area (Å²) in [5.41, 5.74) is 0.916. The van der Waals surface area contributed by atoms with Crippen molar-refractivity contribution >= 4 is 17.5 Å². The molecule has 1 aliphatic rings. The number of carbonyl (C=O) groups excluding carboxylic acids is 2. The summed E-state index contributed by atoms with van der Waals surface area (Å²) in [5.74, 6) is -0.854. The molecule has 1 heterocycles. The van der Waals surface area contributed by atoms with Crippen molar-refractivity contribution in [2.24, 2.45) is 0 Å². The Morgan fingerprint density at radius 2 is 1.68 bits per heavy atom. The Labute approximate surface area is 178 Å². The van der Waals surface area contributed by atoms with Crippen LogP contribution in [0.4, 0.5) is 18.9 Å². The number of hydrogen-bond acceptors (Lipinski definition) is 4. The van der Waals surface area contributed by atoms with Crippen molar-refractivity contribution in [3.05, 3.63) is 59.9 Å². The van der Waals surface area contributed by atoms with Gasteiger partial charge in [0.1, 0.15) is 11.6 Å². The molecule has 2 aromatic carbocycles. The minimum absolute atomic E-state index is 0.0542. The van der Waals surface area contributed by atoms with Crippen LogP contribution in [0.25, 0.3) is 0 Å². The molecule has 6 nitrogen and oxygen atoms in total. The highest BCUT2D eigenvalue weighted by Crippen LogP contribution is 2.26. The lowest BCUT2D eigenvalue weighted by atomic mass is 10.1. The molecule has 1 N–H and O–H groups in total. The molecule has 166 valence electrons. The van der Waals surface area contributed by atoms with E-state index in [0.29, 0.717) is 26.2 Å². The zero-order valence-electron chi connectivity index (χ0n) is 17.1. The van der Waals surface area contributed by atoms with Gasteiger partial charge in [0, 0.05) is 26.2 Å². The fourth-order valence-electron chi connectivity index (χ4n) is 3.42. The van der Waals surface area contributed by atoms with Crippen LogP contribution in [-0.4, -0.2) is 60.4 Å². The molecule has 0 spiro atoms. The summed E-state index contributed by atoms with van der Waals surface area (Å²) >= 11 is 0. The first-order valence-electron chi connectivity index (χ1n) is 9.94. The second-order valence-electron chi connectivity index (χ2n) is 7.26. The van der Waals surface area contributed by atoms with Crippen LogP contribution in [0, 0.1) is 5.82 Å². The van der Waals surface area contributed by atoms with Crippen molar-refractivity contribution in [1.82, 2.24) is 9.80 Å². The van der Waals surface area contributed by atoms with Gasteiger partial charge in [0.05, 0.1) is 18.2 Å². The quantitative estimate of drug-likeness (QED) is 0.726. The molecule has 0 aliphatic carbocycles. The van der Waals surface area contributed by atoms with Crippen molar-refractivity contribution in [2.75, 3.05) is 31.5 Å². The molecular weight excluding hydrogens is 411 g/mol. The van der Waals surface area contributed by atoms with Gasteiger partial charge in [0.25, 0.3) is 0 Å². The molecule has 0 aromatic heterocycles. The lowest BCUT2D eigenvalue weighted by Gasteiger charge is -2.37. The normalized spacial score (nSPS) is 15.6. The first kappa shape index (κ1) is 22.6. The number of halogens is 3. The first-order chi connectivity index (χ1) is 14.8. The number of para-hydroxylation sites is 2. The van der Waals surface area contributed by atoms with E-state index in [1.54, 1.807) is 36.1 Å². The van der Waals surface area contributed by atoms with Crippen LogP contribution in [-0.2, 0) is 16.0 Å². The van der Waals surface area contributed by atoms with Gasteiger partial charge in [-0.3, -0.25) is 14.5 Å². The van der Waals surface area contributed by atoms with E-state index in [9.17, 15) is 22.8 Å².